The van der Waals surface area contributed by atoms with Crippen LogP contribution in [-0.2, 0) is 6.54 Å². The second-order valence-corrected chi connectivity index (χ2v) is 7.20. The number of urea groups is 1. The molecule has 1 aromatic heterocycles. The molecule has 1 saturated carbocycles. The highest BCUT2D eigenvalue weighted by atomic mass is 16.5. The fourth-order valence-electron chi connectivity index (χ4n) is 3.56. The Morgan fingerprint density at radius 1 is 1.32 bits per heavy atom. The number of nitrogens with zero attached hydrogens (tertiary/aromatic N) is 3. The Morgan fingerprint density at radius 2 is 2.08 bits per heavy atom. The average molecular weight is 340 g/mol. The molecule has 0 spiro atoms. The van der Waals surface area contributed by atoms with Crippen LogP contribution >= 0.6 is 0 Å². The van der Waals surface area contributed by atoms with E-state index in [2.05, 4.69) is 41.5 Å². The minimum atomic E-state index is -0.0918. The van der Waals surface area contributed by atoms with E-state index in [4.69, 9.17) is 4.52 Å². The van der Waals surface area contributed by atoms with Gasteiger partial charge >= 0.3 is 6.03 Å². The van der Waals surface area contributed by atoms with E-state index in [-0.39, 0.29) is 12.1 Å². The largest absolute Gasteiger partial charge is 0.372 e. The molecule has 0 radical (unpaired) electrons. The van der Waals surface area contributed by atoms with E-state index in [1.54, 1.807) is 0 Å². The molecule has 1 aliphatic heterocycles. The molecule has 0 saturated heterocycles. The van der Waals surface area contributed by atoms with Crippen LogP contribution in [0.15, 0.2) is 28.8 Å². The van der Waals surface area contributed by atoms with Gasteiger partial charge in [-0.25, -0.2) is 4.79 Å². The van der Waals surface area contributed by atoms with Gasteiger partial charge in [0, 0.05) is 37.8 Å². The quantitative estimate of drug-likeness (QED) is 0.905. The summed E-state index contributed by atoms with van der Waals surface area (Å²) in [5.74, 6) is 1.23. The maximum absolute atomic E-state index is 13.0. The van der Waals surface area contributed by atoms with Crippen LogP contribution in [0.3, 0.4) is 0 Å². The van der Waals surface area contributed by atoms with Gasteiger partial charge in [0.2, 0.25) is 0 Å². The number of anilines is 2. The number of carbonyl (C=O) groups is 1. The molecule has 1 aliphatic carbocycles. The Balaban J connectivity index is 1.58. The molecule has 1 unspecified atom stereocenters. The predicted octanol–water partition coefficient (Wildman–Crippen LogP) is 3.73. The molecule has 2 aliphatic rings. The maximum atomic E-state index is 13.0. The zero-order valence-electron chi connectivity index (χ0n) is 15.0. The summed E-state index contributed by atoms with van der Waals surface area (Å²) >= 11 is 0. The lowest BCUT2D eigenvalue weighted by Gasteiger charge is -2.28. The minimum absolute atomic E-state index is 0.0918. The number of benzene rings is 1. The molecular formula is C19H24N4O2. The van der Waals surface area contributed by atoms with E-state index >= 15 is 0 Å². The minimum Gasteiger partial charge on any atom is -0.372 e. The van der Waals surface area contributed by atoms with Crippen molar-refractivity contribution < 1.29 is 9.32 Å². The van der Waals surface area contributed by atoms with E-state index in [0.717, 1.165) is 42.1 Å². The number of amides is 2. The predicted molar refractivity (Wildman–Crippen MR) is 97.0 cm³/mol. The van der Waals surface area contributed by atoms with Gasteiger partial charge in [0.05, 0.1) is 0 Å². The highest BCUT2D eigenvalue weighted by Gasteiger charge is 2.34. The first-order chi connectivity index (χ1) is 12.0. The van der Waals surface area contributed by atoms with Gasteiger partial charge < -0.3 is 19.6 Å². The monoisotopic (exact) mass is 340 g/mol. The Kier molecular flexibility index (Phi) is 3.90. The van der Waals surface area contributed by atoms with Crippen molar-refractivity contribution in [1.29, 1.82) is 0 Å². The number of likely N-dealkylation sites (N-methyl/N-ethyl adjacent to an activating group) is 1. The number of nitrogens with one attached hydrogen (secondary N) is 1. The topological polar surface area (TPSA) is 61.6 Å². The summed E-state index contributed by atoms with van der Waals surface area (Å²) in [7, 11) is 2.08. The van der Waals surface area contributed by atoms with Gasteiger partial charge in [0.25, 0.3) is 0 Å². The summed E-state index contributed by atoms with van der Waals surface area (Å²) in [4.78, 5) is 17.1. The van der Waals surface area contributed by atoms with E-state index in [0.29, 0.717) is 12.5 Å². The average Bonchev–Trinajstić information content (AvgIpc) is 3.38. The molecule has 25 heavy (non-hydrogen) atoms. The molecule has 2 heterocycles. The standard InChI is InChI=1S/C19H24N4O2/c1-12-10-22(3)16-7-5-4-6-15(16)11-23(12)19(24)20-17-13(2)21-25-18(17)14-8-9-14/h4-7,12,14H,8-11H2,1-3H3,(H,20,24). The first-order valence-electron chi connectivity index (χ1n) is 8.87. The second-order valence-electron chi connectivity index (χ2n) is 7.20. The fraction of sp³-hybridized carbons (Fsp3) is 0.474. The molecule has 1 N–H and O–H groups in total. The fourth-order valence-corrected chi connectivity index (χ4v) is 3.56. The van der Waals surface area contributed by atoms with Gasteiger partial charge in [-0.1, -0.05) is 23.4 Å². The Morgan fingerprint density at radius 3 is 2.84 bits per heavy atom. The number of aromatic nitrogens is 1. The molecule has 6 heteroatoms. The summed E-state index contributed by atoms with van der Waals surface area (Å²) in [5.41, 5.74) is 3.85. The highest BCUT2D eigenvalue weighted by Crippen LogP contribution is 2.44. The van der Waals surface area contributed by atoms with Crippen molar-refractivity contribution in [3.63, 3.8) is 0 Å². The molecule has 2 amide bonds. The zero-order valence-corrected chi connectivity index (χ0v) is 15.0. The molecule has 1 aromatic carbocycles. The van der Waals surface area contributed by atoms with Crippen LogP contribution in [-0.4, -0.2) is 35.7 Å². The number of rotatable bonds is 2. The number of hydrogen-bond donors (Lipinski definition) is 1. The SMILES string of the molecule is Cc1noc(C2CC2)c1NC(=O)N1Cc2ccccc2N(C)CC1C. The lowest BCUT2D eigenvalue weighted by molar-refractivity contribution is 0.192. The van der Waals surface area contributed by atoms with Crippen LogP contribution in [0.5, 0.6) is 0 Å². The molecule has 132 valence electrons. The highest BCUT2D eigenvalue weighted by molar-refractivity contribution is 5.91. The van der Waals surface area contributed by atoms with E-state index in [1.807, 2.05) is 24.0 Å². The molecule has 6 nitrogen and oxygen atoms in total. The van der Waals surface area contributed by atoms with E-state index in [9.17, 15) is 4.79 Å². The summed E-state index contributed by atoms with van der Waals surface area (Å²) in [6.07, 6.45) is 2.21. The van der Waals surface area contributed by atoms with Gasteiger partial charge in [-0.3, -0.25) is 0 Å². The second kappa shape index (κ2) is 6.10. The Bertz CT molecular complexity index is 796. The number of carbonyl (C=O) groups excluding carboxylic acids is 1. The van der Waals surface area contributed by atoms with Crippen molar-refractivity contribution in [1.82, 2.24) is 10.1 Å². The van der Waals surface area contributed by atoms with Crippen LogP contribution < -0.4 is 10.2 Å². The van der Waals surface area contributed by atoms with Gasteiger partial charge in [0.15, 0.2) is 5.76 Å². The van der Waals surface area contributed by atoms with Crippen molar-refractivity contribution in [3.8, 4) is 0 Å². The zero-order chi connectivity index (χ0) is 17.6. The maximum Gasteiger partial charge on any atom is 0.322 e. The number of aryl methyl sites for hydroxylation is 1. The third-order valence-corrected chi connectivity index (χ3v) is 5.14. The number of hydrogen-bond acceptors (Lipinski definition) is 4. The third-order valence-electron chi connectivity index (χ3n) is 5.14. The van der Waals surface area contributed by atoms with Gasteiger partial charge in [0.1, 0.15) is 11.4 Å². The van der Waals surface area contributed by atoms with Crippen LogP contribution in [0, 0.1) is 6.92 Å². The Hall–Kier alpha value is -2.50. The van der Waals surface area contributed by atoms with Crippen LogP contribution in [0.1, 0.15) is 42.7 Å². The van der Waals surface area contributed by atoms with E-state index < -0.39 is 0 Å². The van der Waals surface area contributed by atoms with Crippen LogP contribution in [0.25, 0.3) is 0 Å². The van der Waals surface area contributed by atoms with Crippen LogP contribution in [0.2, 0.25) is 0 Å². The van der Waals surface area contributed by atoms with Crippen molar-refractivity contribution in [2.45, 2.75) is 45.2 Å². The molecule has 1 fully saturated rings. The molecular weight excluding hydrogens is 316 g/mol. The van der Waals surface area contributed by atoms with Gasteiger partial charge in [-0.15, -0.1) is 0 Å². The van der Waals surface area contributed by atoms with Gasteiger partial charge in [-0.05, 0) is 38.3 Å². The molecule has 0 bridgehead atoms. The summed E-state index contributed by atoms with van der Waals surface area (Å²) in [6, 6.07) is 8.27. The van der Waals surface area contributed by atoms with Crippen molar-refractivity contribution in [2.75, 3.05) is 23.8 Å². The lowest BCUT2D eigenvalue weighted by Crippen LogP contribution is -2.44. The van der Waals surface area contributed by atoms with Crippen LogP contribution in [0.4, 0.5) is 16.2 Å². The third kappa shape index (κ3) is 2.97. The van der Waals surface area contributed by atoms with Gasteiger partial charge in [-0.2, -0.15) is 0 Å². The van der Waals surface area contributed by atoms with E-state index in [1.165, 1.54) is 5.69 Å². The Labute approximate surface area is 147 Å². The molecule has 1 atom stereocenters. The summed E-state index contributed by atoms with van der Waals surface area (Å²) in [6.45, 7) is 5.35. The smallest absolute Gasteiger partial charge is 0.322 e. The number of para-hydroxylation sites is 1. The van der Waals surface area contributed by atoms with Crippen molar-refractivity contribution in [2.24, 2.45) is 0 Å². The summed E-state index contributed by atoms with van der Waals surface area (Å²) in [5, 5.41) is 7.11. The lowest BCUT2D eigenvalue weighted by atomic mass is 10.1. The first-order valence-corrected chi connectivity index (χ1v) is 8.87. The summed E-state index contributed by atoms with van der Waals surface area (Å²) < 4.78 is 5.44. The first kappa shape index (κ1) is 16.0. The number of fused-ring (bicyclic) bond motifs is 1. The normalized spacial score (nSPS) is 20.2. The van der Waals surface area contributed by atoms with Crippen molar-refractivity contribution in [3.05, 3.63) is 41.3 Å². The molecule has 2 aromatic rings. The van der Waals surface area contributed by atoms with Crippen molar-refractivity contribution >= 4 is 17.4 Å². The molecule has 4 rings (SSSR count).